The van der Waals surface area contributed by atoms with Gasteiger partial charge >= 0.3 is 0 Å². The van der Waals surface area contributed by atoms with E-state index in [9.17, 15) is 5.11 Å². The van der Waals surface area contributed by atoms with E-state index in [1.165, 1.54) is 5.56 Å². The number of aliphatic hydroxyl groups excluding tert-OH is 1. The van der Waals surface area contributed by atoms with E-state index >= 15 is 0 Å². The van der Waals surface area contributed by atoms with Gasteiger partial charge in [-0.2, -0.15) is 0 Å². The molecule has 0 bridgehead atoms. The maximum Gasteiger partial charge on any atom is 0.163 e. The van der Waals surface area contributed by atoms with Gasteiger partial charge in [0.15, 0.2) is 11.6 Å². The molecule has 186 valence electrons. The van der Waals surface area contributed by atoms with Crippen LogP contribution in [0, 0.1) is 0 Å². The first kappa shape index (κ1) is 26.3. The normalized spacial score (nSPS) is 30.0. The number of benzene rings is 1. The smallest absolute Gasteiger partial charge is 0.163 e. The second kappa shape index (κ2) is 11.9. The van der Waals surface area contributed by atoms with E-state index in [0.29, 0.717) is 26.1 Å². The summed E-state index contributed by atoms with van der Waals surface area (Å²) in [7, 11) is 0. The molecule has 0 unspecified atom stereocenters. The number of aliphatic hydroxyl groups is 1. The average molecular weight is 463 g/mol. The molecule has 6 nitrogen and oxygen atoms in total. The third-order valence-corrected chi connectivity index (χ3v) is 6.15. The van der Waals surface area contributed by atoms with Crippen molar-refractivity contribution >= 4 is 0 Å². The summed E-state index contributed by atoms with van der Waals surface area (Å²) in [6.07, 6.45) is 5.55. The van der Waals surface area contributed by atoms with Crippen molar-refractivity contribution in [1.29, 1.82) is 0 Å². The van der Waals surface area contributed by atoms with Crippen LogP contribution >= 0.6 is 0 Å². The van der Waals surface area contributed by atoms with Crippen molar-refractivity contribution in [2.45, 2.75) is 115 Å². The number of rotatable bonds is 11. The summed E-state index contributed by atoms with van der Waals surface area (Å²) < 4.78 is 30.1. The highest BCUT2D eigenvalue weighted by Gasteiger charge is 2.39. The Hall–Kier alpha value is -1.28. The van der Waals surface area contributed by atoms with Crippen LogP contribution in [0.2, 0.25) is 0 Å². The van der Waals surface area contributed by atoms with Crippen LogP contribution in [-0.2, 0) is 30.3 Å². The topological polar surface area (TPSA) is 66.4 Å². The first-order chi connectivity index (χ1) is 15.7. The minimum atomic E-state index is -0.709. The first-order valence-electron chi connectivity index (χ1n) is 12.3. The molecule has 33 heavy (non-hydrogen) atoms. The Labute approximate surface area is 199 Å². The molecule has 0 aromatic heterocycles. The SMILES string of the molecule is C=CC[C@@H]1C[C@H]([C@H](O)CC[C@@H]2C[C@H](CCOCc3ccccc3)OC(C)(C)O2)OC(C)(C)O1. The molecule has 2 aliphatic rings. The summed E-state index contributed by atoms with van der Waals surface area (Å²) in [6, 6.07) is 10.2. The van der Waals surface area contributed by atoms with E-state index in [1.807, 2.05) is 52.0 Å². The molecule has 1 aromatic carbocycles. The fourth-order valence-electron chi connectivity index (χ4n) is 4.81. The zero-order chi connectivity index (χ0) is 23.9. The Bertz CT molecular complexity index is 719. The fraction of sp³-hybridized carbons (Fsp3) is 0.704. The van der Waals surface area contributed by atoms with E-state index in [-0.39, 0.29) is 24.4 Å². The Morgan fingerprint density at radius 1 is 0.970 bits per heavy atom. The molecular weight excluding hydrogens is 420 g/mol. The van der Waals surface area contributed by atoms with Gasteiger partial charge in [0.05, 0.1) is 37.1 Å². The van der Waals surface area contributed by atoms with Gasteiger partial charge in [0.2, 0.25) is 0 Å². The lowest BCUT2D eigenvalue weighted by atomic mass is 9.95. The van der Waals surface area contributed by atoms with Crippen LogP contribution in [0.3, 0.4) is 0 Å². The summed E-state index contributed by atoms with van der Waals surface area (Å²) in [5.41, 5.74) is 1.17. The van der Waals surface area contributed by atoms with Gasteiger partial charge in [-0.15, -0.1) is 6.58 Å². The highest BCUT2D eigenvalue weighted by molar-refractivity contribution is 5.13. The Morgan fingerprint density at radius 2 is 1.61 bits per heavy atom. The molecule has 2 fully saturated rings. The summed E-state index contributed by atoms with van der Waals surface area (Å²) >= 11 is 0. The van der Waals surface area contributed by atoms with Crippen molar-refractivity contribution < 1.29 is 28.8 Å². The van der Waals surface area contributed by atoms with Crippen LogP contribution < -0.4 is 0 Å². The number of ether oxygens (including phenoxy) is 5. The third kappa shape index (κ3) is 8.78. The number of hydrogen-bond acceptors (Lipinski definition) is 6. The molecule has 1 N–H and O–H groups in total. The lowest BCUT2D eigenvalue weighted by Crippen LogP contribution is -2.49. The van der Waals surface area contributed by atoms with E-state index in [2.05, 4.69) is 18.7 Å². The van der Waals surface area contributed by atoms with Crippen molar-refractivity contribution in [1.82, 2.24) is 0 Å². The van der Waals surface area contributed by atoms with Crippen molar-refractivity contribution in [2.75, 3.05) is 6.61 Å². The van der Waals surface area contributed by atoms with Crippen molar-refractivity contribution in [3.63, 3.8) is 0 Å². The van der Waals surface area contributed by atoms with Crippen molar-refractivity contribution in [3.8, 4) is 0 Å². The quantitative estimate of drug-likeness (QED) is 0.363. The molecule has 5 atom stereocenters. The molecule has 0 aliphatic carbocycles. The van der Waals surface area contributed by atoms with Gasteiger partial charge in [0.25, 0.3) is 0 Å². The molecule has 6 heteroatoms. The van der Waals surface area contributed by atoms with Crippen LogP contribution in [0.15, 0.2) is 43.0 Å². The summed E-state index contributed by atoms with van der Waals surface area (Å²) in [4.78, 5) is 0. The molecule has 0 saturated carbocycles. The van der Waals surface area contributed by atoms with Crippen molar-refractivity contribution in [3.05, 3.63) is 48.6 Å². The Kier molecular flexibility index (Phi) is 9.51. The lowest BCUT2D eigenvalue weighted by Gasteiger charge is -2.43. The predicted octanol–water partition coefficient (Wildman–Crippen LogP) is 5.13. The molecule has 3 rings (SSSR count). The molecule has 2 aliphatic heterocycles. The van der Waals surface area contributed by atoms with E-state index in [4.69, 9.17) is 23.7 Å². The lowest BCUT2D eigenvalue weighted by molar-refractivity contribution is -0.315. The van der Waals surface area contributed by atoms with Gasteiger partial charge in [-0.05, 0) is 58.9 Å². The van der Waals surface area contributed by atoms with Gasteiger partial charge < -0.3 is 28.8 Å². The molecular formula is C27H42O6. The van der Waals surface area contributed by atoms with E-state index in [1.54, 1.807) is 0 Å². The minimum absolute atomic E-state index is 0.0180. The molecule has 0 spiro atoms. The van der Waals surface area contributed by atoms with Gasteiger partial charge in [-0.3, -0.25) is 0 Å². The van der Waals surface area contributed by atoms with Gasteiger partial charge in [-0.25, -0.2) is 0 Å². The van der Waals surface area contributed by atoms with Crippen LogP contribution in [0.1, 0.15) is 71.8 Å². The van der Waals surface area contributed by atoms with Gasteiger partial charge in [0.1, 0.15) is 0 Å². The second-order valence-corrected chi connectivity index (χ2v) is 10.1. The standard InChI is InChI=1S/C27H42O6/c1-6-10-21-18-25(33-27(4,5)30-21)24(28)14-13-22-17-23(32-26(2,3)31-22)15-16-29-19-20-11-8-7-9-12-20/h6-9,11-12,21-25,28H,1,10,13-19H2,2-5H3/t21-,22-,23+,24-,25-/m1/s1. The first-order valence-corrected chi connectivity index (χ1v) is 12.3. The summed E-state index contributed by atoms with van der Waals surface area (Å²) in [5, 5.41) is 10.9. The third-order valence-electron chi connectivity index (χ3n) is 6.15. The fourth-order valence-corrected chi connectivity index (χ4v) is 4.81. The largest absolute Gasteiger partial charge is 0.390 e. The maximum absolute atomic E-state index is 10.9. The average Bonchev–Trinajstić information content (AvgIpc) is 2.74. The monoisotopic (exact) mass is 462 g/mol. The zero-order valence-corrected chi connectivity index (χ0v) is 20.7. The highest BCUT2D eigenvalue weighted by atomic mass is 16.7. The summed E-state index contributed by atoms with van der Waals surface area (Å²) in [5.74, 6) is -1.36. The molecule has 1 aromatic rings. The van der Waals surface area contributed by atoms with Gasteiger partial charge in [-0.1, -0.05) is 36.4 Å². The van der Waals surface area contributed by atoms with Gasteiger partial charge in [0, 0.05) is 19.4 Å². The maximum atomic E-state index is 10.9. The Morgan fingerprint density at radius 3 is 2.30 bits per heavy atom. The van der Waals surface area contributed by atoms with Crippen LogP contribution in [-0.4, -0.2) is 53.8 Å². The van der Waals surface area contributed by atoms with Crippen molar-refractivity contribution in [2.24, 2.45) is 0 Å². The summed E-state index contributed by atoms with van der Waals surface area (Å²) in [6.45, 7) is 12.8. The number of hydrogen-bond donors (Lipinski definition) is 1. The van der Waals surface area contributed by atoms with Crippen LogP contribution in [0.4, 0.5) is 0 Å². The zero-order valence-electron chi connectivity index (χ0n) is 20.7. The molecule has 2 heterocycles. The Balaban J connectivity index is 1.44. The van der Waals surface area contributed by atoms with Crippen LogP contribution in [0.25, 0.3) is 0 Å². The molecule has 0 radical (unpaired) electrons. The van der Waals surface area contributed by atoms with E-state index < -0.39 is 17.7 Å². The predicted molar refractivity (Wildman–Crippen MR) is 128 cm³/mol. The molecule has 2 saturated heterocycles. The van der Waals surface area contributed by atoms with E-state index in [0.717, 1.165) is 25.7 Å². The molecule has 0 amide bonds. The highest BCUT2D eigenvalue weighted by Crippen LogP contribution is 2.33. The minimum Gasteiger partial charge on any atom is -0.390 e. The van der Waals surface area contributed by atoms with Crippen LogP contribution in [0.5, 0.6) is 0 Å². The second-order valence-electron chi connectivity index (χ2n) is 10.1.